The summed E-state index contributed by atoms with van der Waals surface area (Å²) in [6, 6.07) is -0.597. The second-order valence-electron chi connectivity index (χ2n) is 3.15. The van der Waals surface area contributed by atoms with Crippen LogP contribution in [0.1, 0.15) is 25.7 Å². The van der Waals surface area contributed by atoms with E-state index in [0.717, 1.165) is 37.0 Å². The average Bonchev–Trinajstić information content (AvgIpc) is 2.47. The molecule has 2 rings (SSSR count). The molecule has 0 saturated heterocycles. The average molecular weight is 169 g/mol. The SMILES string of the molecule is O=C(O)C1NOC2=C1CCCC2. The van der Waals surface area contributed by atoms with Gasteiger partial charge in [0, 0.05) is 12.0 Å². The van der Waals surface area contributed by atoms with Gasteiger partial charge in [-0.25, -0.2) is 0 Å². The molecule has 1 aliphatic heterocycles. The zero-order valence-electron chi connectivity index (χ0n) is 6.67. The molecule has 1 atom stereocenters. The van der Waals surface area contributed by atoms with Gasteiger partial charge in [-0.2, -0.15) is 0 Å². The number of hydrogen-bond donors (Lipinski definition) is 2. The van der Waals surface area contributed by atoms with Gasteiger partial charge in [-0.05, 0) is 19.3 Å². The quantitative estimate of drug-likeness (QED) is 0.609. The van der Waals surface area contributed by atoms with Crippen molar-refractivity contribution in [3.8, 4) is 0 Å². The van der Waals surface area contributed by atoms with E-state index in [2.05, 4.69) is 5.48 Å². The third-order valence-corrected chi connectivity index (χ3v) is 2.35. The number of carboxylic acid groups (broad SMARTS) is 1. The minimum absolute atomic E-state index is 0.597. The number of carboxylic acids is 1. The Labute approximate surface area is 70.2 Å². The Balaban J connectivity index is 2.21. The summed E-state index contributed by atoms with van der Waals surface area (Å²) >= 11 is 0. The van der Waals surface area contributed by atoms with E-state index in [0.29, 0.717) is 0 Å². The highest BCUT2D eigenvalue weighted by molar-refractivity contribution is 5.78. The molecule has 1 unspecified atom stereocenters. The molecule has 0 fully saturated rings. The van der Waals surface area contributed by atoms with Crippen LogP contribution in [0.5, 0.6) is 0 Å². The molecule has 66 valence electrons. The van der Waals surface area contributed by atoms with Gasteiger partial charge in [0.1, 0.15) is 5.76 Å². The zero-order valence-corrected chi connectivity index (χ0v) is 6.67. The van der Waals surface area contributed by atoms with Crippen LogP contribution in [0.2, 0.25) is 0 Å². The molecular formula is C8H11NO3. The minimum Gasteiger partial charge on any atom is -0.480 e. The number of nitrogens with one attached hydrogen (secondary N) is 1. The standard InChI is InChI=1S/C8H11NO3/c10-8(11)7-5-3-1-2-4-6(5)12-9-7/h7,9H,1-4H2,(H,10,11). The molecule has 0 saturated carbocycles. The number of allylic oxidation sites excluding steroid dienone is 1. The molecule has 0 aromatic carbocycles. The van der Waals surface area contributed by atoms with Gasteiger partial charge in [-0.15, -0.1) is 5.48 Å². The minimum atomic E-state index is -0.845. The van der Waals surface area contributed by atoms with Crippen molar-refractivity contribution in [1.82, 2.24) is 5.48 Å². The molecule has 0 spiro atoms. The number of hydroxylamine groups is 1. The van der Waals surface area contributed by atoms with Crippen LogP contribution in [-0.4, -0.2) is 17.1 Å². The van der Waals surface area contributed by atoms with Crippen molar-refractivity contribution in [2.45, 2.75) is 31.7 Å². The topological polar surface area (TPSA) is 58.6 Å². The summed E-state index contributed by atoms with van der Waals surface area (Å²) in [5, 5.41) is 8.78. The fourth-order valence-corrected chi connectivity index (χ4v) is 1.72. The zero-order chi connectivity index (χ0) is 8.55. The lowest BCUT2D eigenvalue weighted by atomic mass is 9.93. The van der Waals surface area contributed by atoms with Crippen molar-refractivity contribution in [3.05, 3.63) is 11.3 Å². The Bertz CT molecular complexity index is 247. The van der Waals surface area contributed by atoms with Crippen LogP contribution in [0, 0.1) is 0 Å². The van der Waals surface area contributed by atoms with Crippen LogP contribution >= 0.6 is 0 Å². The Morgan fingerprint density at radius 1 is 1.50 bits per heavy atom. The second-order valence-corrected chi connectivity index (χ2v) is 3.15. The molecule has 0 bridgehead atoms. The molecule has 2 aliphatic rings. The van der Waals surface area contributed by atoms with Gasteiger partial charge in [-0.1, -0.05) is 0 Å². The van der Waals surface area contributed by atoms with E-state index in [9.17, 15) is 4.79 Å². The van der Waals surface area contributed by atoms with Crippen molar-refractivity contribution in [2.24, 2.45) is 0 Å². The van der Waals surface area contributed by atoms with Gasteiger partial charge in [0.25, 0.3) is 0 Å². The molecule has 0 aromatic heterocycles. The first-order chi connectivity index (χ1) is 5.79. The van der Waals surface area contributed by atoms with E-state index in [-0.39, 0.29) is 0 Å². The van der Waals surface area contributed by atoms with Gasteiger partial charge in [0.05, 0.1) is 0 Å². The fourth-order valence-electron chi connectivity index (χ4n) is 1.72. The summed E-state index contributed by atoms with van der Waals surface area (Å²) in [6.07, 6.45) is 3.92. The summed E-state index contributed by atoms with van der Waals surface area (Å²) in [7, 11) is 0. The summed E-state index contributed by atoms with van der Waals surface area (Å²) in [5.41, 5.74) is 3.46. The van der Waals surface area contributed by atoms with E-state index in [1.54, 1.807) is 0 Å². The summed E-state index contributed by atoms with van der Waals surface area (Å²) in [6.45, 7) is 0. The van der Waals surface area contributed by atoms with Crippen LogP contribution in [0.4, 0.5) is 0 Å². The van der Waals surface area contributed by atoms with Crippen molar-refractivity contribution in [2.75, 3.05) is 0 Å². The van der Waals surface area contributed by atoms with E-state index in [4.69, 9.17) is 9.94 Å². The molecule has 12 heavy (non-hydrogen) atoms. The lowest BCUT2D eigenvalue weighted by Crippen LogP contribution is -2.32. The molecule has 0 amide bonds. The maximum absolute atomic E-state index is 10.7. The van der Waals surface area contributed by atoms with Gasteiger partial charge >= 0.3 is 5.97 Å². The number of hydrogen-bond acceptors (Lipinski definition) is 3. The van der Waals surface area contributed by atoms with E-state index >= 15 is 0 Å². The third kappa shape index (κ3) is 1.08. The first-order valence-electron chi connectivity index (χ1n) is 4.16. The predicted octanol–water partition coefficient (Wildman–Crippen LogP) is 0.802. The first-order valence-corrected chi connectivity index (χ1v) is 4.16. The molecular weight excluding hydrogens is 158 g/mol. The Morgan fingerprint density at radius 2 is 2.25 bits per heavy atom. The Hall–Kier alpha value is -1.03. The van der Waals surface area contributed by atoms with E-state index in [1.807, 2.05) is 0 Å². The number of rotatable bonds is 1. The molecule has 0 aromatic rings. The van der Waals surface area contributed by atoms with Crippen LogP contribution in [0.15, 0.2) is 11.3 Å². The fraction of sp³-hybridized carbons (Fsp3) is 0.625. The van der Waals surface area contributed by atoms with Crippen LogP contribution in [0.25, 0.3) is 0 Å². The predicted molar refractivity (Wildman–Crippen MR) is 41.1 cm³/mol. The van der Waals surface area contributed by atoms with Gasteiger partial charge in [0.2, 0.25) is 0 Å². The summed E-state index contributed by atoms with van der Waals surface area (Å²) in [4.78, 5) is 15.8. The highest BCUT2D eigenvalue weighted by Gasteiger charge is 2.33. The van der Waals surface area contributed by atoms with Crippen LogP contribution < -0.4 is 5.48 Å². The highest BCUT2D eigenvalue weighted by atomic mass is 16.7. The number of carbonyl (C=O) groups is 1. The lowest BCUT2D eigenvalue weighted by molar-refractivity contribution is -0.140. The van der Waals surface area contributed by atoms with Gasteiger partial charge < -0.3 is 9.94 Å². The molecule has 0 radical (unpaired) electrons. The molecule has 2 N–H and O–H groups in total. The lowest BCUT2D eigenvalue weighted by Gasteiger charge is -2.11. The second kappa shape index (κ2) is 2.79. The maximum Gasteiger partial charge on any atom is 0.328 e. The third-order valence-electron chi connectivity index (χ3n) is 2.35. The maximum atomic E-state index is 10.7. The monoisotopic (exact) mass is 169 g/mol. The Morgan fingerprint density at radius 3 is 3.00 bits per heavy atom. The highest BCUT2D eigenvalue weighted by Crippen LogP contribution is 2.31. The van der Waals surface area contributed by atoms with Crippen molar-refractivity contribution in [1.29, 1.82) is 0 Å². The smallest absolute Gasteiger partial charge is 0.328 e. The molecule has 1 heterocycles. The molecule has 4 nitrogen and oxygen atoms in total. The first kappa shape index (κ1) is 7.61. The summed E-state index contributed by atoms with van der Waals surface area (Å²) < 4.78 is 0. The summed E-state index contributed by atoms with van der Waals surface area (Å²) in [5.74, 6) is 0.00977. The van der Waals surface area contributed by atoms with Crippen LogP contribution in [0.3, 0.4) is 0 Å². The molecule has 1 aliphatic carbocycles. The molecule has 4 heteroatoms. The van der Waals surface area contributed by atoms with Crippen molar-refractivity contribution in [3.63, 3.8) is 0 Å². The van der Waals surface area contributed by atoms with Gasteiger partial charge in [-0.3, -0.25) is 4.79 Å². The van der Waals surface area contributed by atoms with Crippen molar-refractivity contribution < 1.29 is 14.7 Å². The van der Waals surface area contributed by atoms with Crippen molar-refractivity contribution >= 4 is 5.97 Å². The Kier molecular flexibility index (Phi) is 1.77. The van der Waals surface area contributed by atoms with E-state index < -0.39 is 12.0 Å². The van der Waals surface area contributed by atoms with E-state index in [1.165, 1.54) is 0 Å². The largest absolute Gasteiger partial charge is 0.480 e. The number of aliphatic carboxylic acids is 1. The van der Waals surface area contributed by atoms with Crippen LogP contribution in [-0.2, 0) is 9.63 Å². The van der Waals surface area contributed by atoms with Gasteiger partial charge in [0.15, 0.2) is 6.04 Å². The normalized spacial score (nSPS) is 28.2.